The fourth-order valence-electron chi connectivity index (χ4n) is 1.67. The minimum Gasteiger partial charge on any atom is -0.465 e. The van der Waals surface area contributed by atoms with Gasteiger partial charge in [-0.05, 0) is 54.7 Å². The predicted octanol–water partition coefficient (Wildman–Crippen LogP) is 3.94. The Hall–Kier alpha value is -2.11. The van der Waals surface area contributed by atoms with Crippen LogP contribution >= 0.6 is 23.8 Å². The number of carbonyl (C=O) groups is 1. The van der Waals surface area contributed by atoms with Crippen LogP contribution in [0.2, 0.25) is 5.02 Å². The monoisotopic (exact) mass is 320 g/mol. The molecule has 0 spiro atoms. The van der Waals surface area contributed by atoms with Gasteiger partial charge in [0.15, 0.2) is 5.11 Å². The van der Waals surface area contributed by atoms with Gasteiger partial charge in [-0.3, -0.25) is 0 Å². The van der Waals surface area contributed by atoms with E-state index in [0.29, 0.717) is 15.7 Å². The van der Waals surface area contributed by atoms with Gasteiger partial charge in [0.05, 0.1) is 12.7 Å². The number of methoxy groups -OCH3 is 1. The predicted molar refractivity (Wildman–Crippen MR) is 89.1 cm³/mol. The van der Waals surface area contributed by atoms with Crippen molar-refractivity contribution in [3.05, 3.63) is 59.1 Å². The lowest BCUT2D eigenvalue weighted by Crippen LogP contribution is -2.19. The number of hydrogen-bond acceptors (Lipinski definition) is 3. The number of carbonyl (C=O) groups excluding carboxylic acids is 1. The zero-order chi connectivity index (χ0) is 15.2. The van der Waals surface area contributed by atoms with Crippen LogP contribution in [0, 0.1) is 0 Å². The van der Waals surface area contributed by atoms with Gasteiger partial charge in [-0.1, -0.05) is 17.7 Å². The summed E-state index contributed by atoms with van der Waals surface area (Å²) in [6, 6.07) is 14.1. The van der Waals surface area contributed by atoms with Gasteiger partial charge in [0.2, 0.25) is 0 Å². The van der Waals surface area contributed by atoms with Crippen molar-refractivity contribution in [2.75, 3.05) is 17.7 Å². The van der Waals surface area contributed by atoms with E-state index in [-0.39, 0.29) is 5.97 Å². The van der Waals surface area contributed by atoms with Crippen LogP contribution < -0.4 is 10.6 Å². The summed E-state index contributed by atoms with van der Waals surface area (Å²) in [6.45, 7) is 0. The first kappa shape index (κ1) is 15.3. The molecule has 0 aromatic heterocycles. The molecule has 0 aliphatic carbocycles. The zero-order valence-electron chi connectivity index (χ0n) is 11.2. The normalized spacial score (nSPS) is 9.81. The first-order valence-corrected chi connectivity index (χ1v) is 6.89. The molecule has 0 saturated heterocycles. The number of anilines is 2. The molecule has 2 N–H and O–H groups in total. The number of nitrogens with one attached hydrogen (secondary N) is 2. The largest absolute Gasteiger partial charge is 0.465 e. The van der Waals surface area contributed by atoms with E-state index < -0.39 is 0 Å². The summed E-state index contributed by atoms with van der Waals surface area (Å²) in [4.78, 5) is 11.3. The topological polar surface area (TPSA) is 50.4 Å². The maximum absolute atomic E-state index is 11.3. The molecule has 2 aromatic rings. The summed E-state index contributed by atoms with van der Waals surface area (Å²) in [6.07, 6.45) is 0. The molecule has 6 heteroatoms. The first-order valence-electron chi connectivity index (χ1n) is 6.10. The molecule has 0 aliphatic rings. The highest BCUT2D eigenvalue weighted by molar-refractivity contribution is 7.80. The highest BCUT2D eigenvalue weighted by Crippen LogP contribution is 2.16. The van der Waals surface area contributed by atoms with E-state index >= 15 is 0 Å². The van der Waals surface area contributed by atoms with Gasteiger partial charge >= 0.3 is 5.97 Å². The highest BCUT2D eigenvalue weighted by Gasteiger charge is 2.05. The molecule has 21 heavy (non-hydrogen) atoms. The van der Waals surface area contributed by atoms with Crippen molar-refractivity contribution in [2.24, 2.45) is 0 Å². The quantitative estimate of drug-likeness (QED) is 0.663. The molecule has 0 fully saturated rings. The summed E-state index contributed by atoms with van der Waals surface area (Å²) < 4.78 is 4.64. The molecule has 108 valence electrons. The minimum absolute atomic E-state index is 0.374. The molecule has 0 radical (unpaired) electrons. The standard InChI is InChI=1S/C15H13ClN2O2S/c1-20-14(19)10-5-7-12(8-6-10)17-15(21)18-13-4-2-3-11(16)9-13/h2-9H,1H3,(H2,17,18,21). The fourth-order valence-corrected chi connectivity index (χ4v) is 2.09. The lowest BCUT2D eigenvalue weighted by Gasteiger charge is -2.11. The van der Waals surface area contributed by atoms with Crippen molar-refractivity contribution in [2.45, 2.75) is 0 Å². The molecule has 0 heterocycles. The lowest BCUT2D eigenvalue weighted by molar-refractivity contribution is 0.0601. The molecule has 0 aliphatic heterocycles. The number of thiocarbonyl (C=S) groups is 1. The molecular weight excluding hydrogens is 308 g/mol. The Kier molecular flexibility index (Phi) is 5.14. The second-order valence-electron chi connectivity index (χ2n) is 4.16. The highest BCUT2D eigenvalue weighted by atomic mass is 35.5. The van der Waals surface area contributed by atoms with Gasteiger partial charge < -0.3 is 15.4 Å². The maximum Gasteiger partial charge on any atom is 0.337 e. The Labute approximate surface area is 133 Å². The van der Waals surface area contributed by atoms with Gasteiger partial charge in [0, 0.05) is 16.4 Å². The molecule has 0 amide bonds. The van der Waals surface area contributed by atoms with Crippen molar-refractivity contribution in [1.29, 1.82) is 0 Å². The van der Waals surface area contributed by atoms with Gasteiger partial charge in [-0.15, -0.1) is 0 Å². The average molecular weight is 321 g/mol. The Morgan fingerprint density at radius 3 is 2.38 bits per heavy atom. The number of halogens is 1. The molecule has 0 unspecified atom stereocenters. The van der Waals surface area contributed by atoms with E-state index in [1.807, 2.05) is 12.1 Å². The smallest absolute Gasteiger partial charge is 0.337 e. The van der Waals surface area contributed by atoms with E-state index in [1.54, 1.807) is 36.4 Å². The van der Waals surface area contributed by atoms with Crippen LogP contribution in [-0.2, 0) is 4.74 Å². The third-order valence-corrected chi connectivity index (χ3v) is 3.09. The summed E-state index contributed by atoms with van der Waals surface area (Å²) >= 11 is 11.1. The van der Waals surface area contributed by atoms with E-state index in [1.165, 1.54) is 7.11 Å². The Morgan fingerprint density at radius 1 is 1.10 bits per heavy atom. The van der Waals surface area contributed by atoms with Crippen LogP contribution in [-0.4, -0.2) is 18.2 Å². The Morgan fingerprint density at radius 2 is 1.76 bits per heavy atom. The van der Waals surface area contributed by atoms with Crippen molar-refractivity contribution >= 4 is 46.3 Å². The SMILES string of the molecule is COC(=O)c1ccc(NC(=S)Nc2cccc(Cl)c2)cc1. The lowest BCUT2D eigenvalue weighted by atomic mass is 10.2. The van der Waals surface area contributed by atoms with E-state index in [9.17, 15) is 4.79 Å². The zero-order valence-corrected chi connectivity index (χ0v) is 12.8. The molecule has 0 atom stereocenters. The fraction of sp³-hybridized carbons (Fsp3) is 0.0667. The van der Waals surface area contributed by atoms with Crippen molar-refractivity contribution in [1.82, 2.24) is 0 Å². The van der Waals surface area contributed by atoms with Crippen LogP contribution in [0.3, 0.4) is 0 Å². The first-order chi connectivity index (χ1) is 10.1. The number of ether oxygens (including phenoxy) is 1. The summed E-state index contributed by atoms with van der Waals surface area (Å²) in [5.41, 5.74) is 2.05. The summed E-state index contributed by atoms with van der Waals surface area (Å²) in [5, 5.41) is 7.11. The average Bonchev–Trinajstić information content (AvgIpc) is 2.47. The van der Waals surface area contributed by atoms with Crippen LogP contribution in [0.4, 0.5) is 11.4 Å². The molecule has 4 nitrogen and oxygen atoms in total. The van der Waals surface area contributed by atoms with Crippen molar-refractivity contribution < 1.29 is 9.53 Å². The molecule has 0 saturated carbocycles. The van der Waals surface area contributed by atoms with Crippen LogP contribution in [0.25, 0.3) is 0 Å². The van der Waals surface area contributed by atoms with Gasteiger partial charge in [-0.25, -0.2) is 4.79 Å². The third kappa shape index (κ3) is 4.44. The minimum atomic E-state index is -0.374. The molecule has 2 aromatic carbocycles. The Balaban J connectivity index is 1.98. The van der Waals surface area contributed by atoms with Gasteiger partial charge in [0.1, 0.15) is 0 Å². The molecule has 0 bridgehead atoms. The summed E-state index contributed by atoms with van der Waals surface area (Å²) in [7, 11) is 1.35. The van der Waals surface area contributed by atoms with E-state index in [4.69, 9.17) is 23.8 Å². The third-order valence-electron chi connectivity index (χ3n) is 2.65. The van der Waals surface area contributed by atoms with Gasteiger partial charge in [-0.2, -0.15) is 0 Å². The molecule has 2 rings (SSSR count). The number of esters is 1. The van der Waals surface area contributed by atoms with Gasteiger partial charge in [0.25, 0.3) is 0 Å². The Bertz CT molecular complexity index is 659. The summed E-state index contributed by atoms with van der Waals surface area (Å²) in [5.74, 6) is -0.374. The second-order valence-corrected chi connectivity index (χ2v) is 5.00. The van der Waals surface area contributed by atoms with Crippen LogP contribution in [0.1, 0.15) is 10.4 Å². The van der Waals surface area contributed by atoms with Crippen LogP contribution in [0.15, 0.2) is 48.5 Å². The number of hydrogen-bond donors (Lipinski definition) is 2. The van der Waals surface area contributed by atoms with E-state index in [0.717, 1.165) is 11.4 Å². The number of benzene rings is 2. The maximum atomic E-state index is 11.3. The van der Waals surface area contributed by atoms with E-state index in [2.05, 4.69) is 15.4 Å². The van der Waals surface area contributed by atoms with Crippen molar-refractivity contribution in [3.8, 4) is 0 Å². The van der Waals surface area contributed by atoms with Crippen LogP contribution in [0.5, 0.6) is 0 Å². The molecular formula is C15H13ClN2O2S. The second kappa shape index (κ2) is 7.06. The number of rotatable bonds is 3. The van der Waals surface area contributed by atoms with Crippen molar-refractivity contribution in [3.63, 3.8) is 0 Å².